The van der Waals surface area contributed by atoms with E-state index in [0.29, 0.717) is 12.0 Å². The summed E-state index contributed by atoms with van der Waals surface area (Å²) in [5.41, 5.74) is 2.54. The zero-order valence-electron chi connectivity index (χ0n) is 11.2. The molecule has 3 heteroatoms. The number of allylic oxidation sites excluding steroid dienone is 1. The summed E-state index contributed by atoms with van der Waals surface area (Å²) in [6, 6.07) is 13.0. The van der Waals surface area contributed by atoms with Crippen molar-refractivity contribution >= 4 is 12.0 Å². The maximum atomic E-state index is 11.0. The number of hydrogen-bond acceptors (Lipinski definition) is 2. The van der Waals surface area contributed by atoms with E-state index in [1.165, 1.54) is 6.07 Å². The molecule has 0 amide bonds. The van der Waals surface area contributed by atoms with E-state index in [0.717, 1.165) is 11.1 Å². The molecule has 0 spiro atoms. The number of carbonyl (C=O) groups is 1. The fraction of sp³-hybridized carbons (Fsp3) is 0.118. The van der Waals surface area contributed by atoms with Gasteiger partial charge in [0.25, 0.3) is 0 Å². The first-order valence-corrected chi connectivity index (χ1v) is 6.36. The third-order valence-electron chi connectivity index (χ3n) is 3.18. The Morgan fingerprint density at radius 2 is 1.85 bits per heavy atom. The molecule has 102 valence electrons. The molecule has 0 aliphatic heterocycles. The van der Waals surface area contributed by atoms with E-state index in [4.69, 9.17) is 5.11 Å². The van der Waals surface area contributed by atoms with Crippen molar-refractivity contribution in [1.29, 1.82) is 0 Å². The van der Waals surface area contributed by atoms with Crippen molar-refractivity contribution in [2.45, 2.75) is 13.3 Å². The molecule has 0 aliphatic rings. The summed E-state index contributed by atoms with van der Waals surface area (Å²) in [7, 11) is 0. The highest BCUT2D eigenvalue weighted by molar-refractivity contribution is 5.91. The van der Waals surface area contributed by atoms with E-state index in [1.54, 1.807) is 6.07 Å². The van der Waals surface area contributed by atoms with Crippen molar-refractivity contribution < 1.29 is 15.0 Å². The molecule has 2 N–H and O–H groups in total. The summed E-state index contributed by atoms with van der Waals surface area (Å²) in [4.78, 5) is 11.0. The van der Waals surface area contributed by atoms with Gasteiger partial charge in [-0.1, -0.05) is 48.6 Å². The van der Waals surface area contributed by atoms with Crippen molar-refractivity contribution in [3.8, 4) is 5.75 Å². The smallest absolute Gasteiger partial charge is 0.339 e. The average molecular weight is 268 g/mol. The van der Waals surface area contributed by atoms with E-state index >= 15 is 0 Å². The Hall–Kier alpha value is -2.55. The molecule has 2 aromatic carbocycles. The average Bonchev–Trinajstić information content (AvgIpc) is 2.43. The molecule has 2 rings (SSSR count). The van der Waals surface area contributed by atoms with Crippen LogP contribution in [0.2, 0.25) is 0 Å². The van der Waals surface area contributed by atoms with E-state index in [1.807, 2.05) is 49.4 Å². The van der Waals surface area contributed by atoms with Crippen LogP contribution in [-0.2, 0) is 6.42 Å². The Morgan fingerprint density at radius 3 is 2.50 bits per heavy atom. The van der Waals surface area contributed by atoms with Gasteiger partial charge in [-0.25, -0.2) is 4.79 Å². The van der Waals surface area contributed by atoms with Crippen molar-refractivity contribution in [2.24, 2.45) is 0 Å². The molecule has 0 bridgehead atoms. The summed E-state index contributed by atoms with van der Waals surface area (Å²) < 4.78 is 0. The van der Waals surface area contributed by atoms with E-state index in [2.05, 4.69) is 0 Å². The first-order valence-electron chi connectivity index (χ1n) is 6.36. The van der Waals surface area contributed by atoms with Crippen molar-refractivity contribution in [1.82, 2.24) is 0 Å². The summed E-state index contributed by atoms with van der Waals surface area (Å²) in [6.07, 6.45) is 4.36. The lowest BCUT2D eigenvalue weighted by atomic mass is 10.00. The van der Waals surface area contributed by atoms with Crippen LogP contribution in [0.1, 0.15) is 27.0 Å². The molecule has 0 aliphatic carbocycles. The monoisotopic (exact) mass is 268 g/mol. The topological polar surface area (TPSA) is 57.5 Å². The Balaban J connectivity index is 2.23. The second kappa shape index (κ2) is 6.06. The standard InChI is InChI=1S/C17H16O3/c1-12-10-11-15(17(19)20)16(18)14(12)9-5-8-13-6-3-2-4-7-13/h2-8,10-11,18H,9H2,1H3,(H,19,20). The molecular formula is C17H16O3. The summed E-state index contributed by atoms with van der Waals surface area (Å²) in [5.74, 6) is -1.26. The van der Waals surface area contributed by atoms with Crippen LogP contribution in [0, 0.1) is 6.92 Å². The van der Waals surface area contributed by atoms with Crippen LogP contribution in [0.15, 0.2) is 48.5 Å². The van der Waals surface area contributed by atoms with Gasteiger partial charge in [0.2, 0.25) is 0 Å². The Morgan fingerprint density at radius 1 is 1.15 bits per heavy atom. The van der Waals surface area contributed by atoms with Gasteiger partial charge in [0.1, 0.15) is 11.3 Å². The van der Waals surface area contributed by atoms with Crippen molar-refractivity contribution in [3.05, 3.63) is 70.8 Å². The number of aromatic carboxylic acids is 1. The highest BCUT2D eigenvalue weighted by Gasteiger charge is 2.14. The van der Waals surface area contributed by atoms with Crippen LogP contribution < -0.4 is 0 Å². The lowest BCUT2D eigenvalue weighted by Crippen LogP contribution is -2.00. The van der Waals surface area contributed by atoms with Crippen LogP contribution in [0.5, 0.6) is 5.75 Å². The minimum Gasteiger partial charge on any atom is -0.507 e. The summed E-state index contributed by atoms with van der Waals surface area (Å²) in [6.45, 7) is 1.86. The maximum Gasteiger partial charge on any atom is 0.339 e. The van der Waals surface area contributed by atoms with E-state index in [9.17, 15) is 9.90 Å². The van der Waals surface area contributed by atoms with Crippen molar-refractivity contribution in [2.75, 3.05) is 0 Å². The lowest BCUT2D eigenvalue weighted by Gasteiger charge is -2.08. The van der Waals surface area contributed by atoms with Gasteiger partial charge in [-0.3, -0.25) is 0 Å². The zero-order chi connectivity index (χ0) is 14.5. The van der Waals surface area contributed by atoms with Gasteiger partial charge in [0.15, 0.2) is 0 Å². The molecule has 0 heterocycles. The van der Waals surface area contributed by atoms with Gasteiger partial charge in [0, 0.05) is 5.56 Å². The first-order chi connectivity index (χ1) is 9.59. The Labute approximate surface area is 117 Å². The number of aryl methyl sites for hydroxylation is 1. The van der Waals surface area contributed by atoms with Crippen LogP contribution in [0.25, 0.3) is 6.08 Å². The third kappa shape index (κ3) is 3.06. The van der Waals surface area contributed by atoms with Gasteiger partial charge in [-0.15, -0.1) is 0 Å². The molecule has 0 saturated heterocycles. The molecule has 0 radical (unpaired) electrons. The normalized spacial score (nSPS) is 10.8. The molecule has 20 heavy (non-hydrogen) atoms. The Kier molecular flexibility index (Phi) is 4.20. The van der Waals surface area contributed by atoms with Crippen LogP contribution in [0.3, 0.4) is 0 Å². The SMILES string of the molecule is Cc1ccc(C(=O)O)c(O)c1CC=Cc1ccccc1. The molecule has 2 aromatic rings. The fourth-order valence-corrected chi connectivity index (χ4v) is 2.04. The minimum atomic E-state index is -1.12. The van der Waals surface area contributed by atoms with Crippen LogP contribution in [-0.4, -0.2) is 16.2 Å². The highest BCUT2D eigenvalue weighted by atomic mass is 16.4. The lowest BCUT2D eigenvalue weighted by molar-refractivity contribution is 0.0693. The van der Waals surface area contributed by atoms with Gasteiger partial charge in [0.05, 0.1) is 0 Å². The van der Waals surface area contributed by atoms with Crippen molar-refractivity contribution in [3.63, 3.8) is 0 Å². The van der Waals surface area contributed by atoms with E-state index < -0.39 is 5.97 Å². The summed E-state index contributed by atoms with van der Waals surface area (Å²) >= 11 is 0. The number of rotatable bonds is 4. The first kappa shape index (κ1) is 13.9. The summed E-state index contributed by atoms with van der Waals surface area (Å²) in [5, 5.41) is 19.0. The predicted molar refractivity (Wildman–Crippen MR) is 79.0 cm³/mol. The number of aromatic hydroxyl groups is 1. The molecule has 0 aromatic heterocycles. The fourth-order valence-electron chi connectivity index (χ4n) is 2.04. The maximum absolute atomic E-state index is 11.0. The second-order valence-electron chi connectivity index (χ2n) is 4.58. The largest absolute Gasteiger partial charge is 0.507 e. The van der Waals surface area contributed by atoms with Crippen LogP contribution >= 0.6 is 0 Å². The molecule has 0 atom stereocenters. The number of carboxylic acid groups (broad SMARTS) is 1. The molecule has 0 fully saturated rings. The number of carboxylic acids is 1. The third-order valence-corrected chi connectivity index (χ3v) is 3.18. The van der Waals surface area contributed by atoms with Gasteiger partial charge < -0.3 is 10.2 Å². The van der Waals surface area contributed by atoms with Gasteiger partial charge >= 0.3 is 5.97 Å². The van der Waals surface area contributed by atoms with Crippen LogP contribution in [0.4, 0.5) is 0 Å². The molecule has 0 saturated carbocycles. The highest BCUT2D eigenvalue weighted by Crippen LogP contribution is 2.26. The quantitative estimate of drug-likeness (QED) is 0.889. The number of phenols is 1. The Bertz CT molecular complexity index is 643. The minimum absolute atomic E-state index is 0.0567. The molecule has 3 nitrogen and oxygen atoms in total. The van der Waals surface area contributed by atoms with Gasteiger partial charge in [-0.05, 0) is 30.5 Å². The zero-order valence-corrected chi connectivity index (χ0v) is 11.2. The number of hydrogen-bond donors (Lipinski definition) is 2. The predicted octanol–water partition coefficient (Wildman–Crippen LogP) is 3.65. The van der Waals surface area contributed by atoms with Gasteiger partial charge in [-0.2, -0.15) is 0 Å². The second-order valence-corrected chi connectivity index (χ2v) is 4.58. The van der Waals surface area contributed by atoms with E-state index in [-0.39, 0.29) is 11.3 Å². The number of benzene rings is 2. The molecular weight excluding hydrogens is 252 g/mol. The molecule has 0 unspecified atom stereocenters.